The van der Waals surface area contributed by atoms with E-state index in [2.05, 4.69) is 157 Å². The van der Waals surface area contributed by atoms with E-state index in [0.29, 0.717) is 0 Å². The van der Waals surface area contributed by atoms with Gasteiger partial charge in [0.25, 0.3) is 11.6 Å². The number of rotatable bonds is 1. The number of aromatic nitrogens is 3. The molecular formula is C44H36N4OSi+2. The summed E-state index contributed by atoms with van der Waals surface area (Å²) in [5, 5.41) is 4.04. The van der Waals surface area contributed by atoms with Crippen LogP contribution < -0.4 is 24.0 Å². The van der Waals surface area contributed by atoms with Gasteiger partial charge in [0.2, 0.25) is 0 Å². The number of ether oxygens (including phenoxy) is 1. The molecule has 6 aliphatic heterocycles. The van der Waals surface area contributed by atoms with E-state index >= 15 is 0 Å². The molecule has 0 aliphatic carbocycles. The first-order chi connectivity index (χ1) is 24.0. The van der Waals surface area contributed by atoms with Crippen molar-refractivity contribution in [3.8, 4) is 28.7 Å². The van der Waals surface area contributed by atoms with Crippen molar-refractivity contribution in [1.82, 2.24) is 4.57 Å². The summed E-state index contributed by atoms with van der Waals surface area (Å²) in [5.74, 6) is 4.45. The van der Waals surface area contributed by atoms with Gasteiger partial charge in [0.05, 0.1) is 13.6 Å². The standard InChI is InChI=1S/C44H36N4OSi/c1-42(2)26-12-10-13-27-39(26)46-40-28(42)17-20-34-37(40)44-36-33(49-34)19-15-25-24-11-8-9-14-30(24)45(38(25)36)35-22-23(50(5,6)7)21-32(47(35)44)31-18-16-29(43(27,3)4)41(46)48(31)44/h8-22H,1-7H3/q+2. The minimum absolute atomic E-state index is 0.201. The van der Waals surface area contributed by atoms with Crippen LogP contribution in [-0.2, 0) is 16.5 Å². The zero-order valence-electron chi connectivity index (χ0n) is 29.4. The average molecular weight is 665 g/mol. The summed E-state index contributed by atoms with van der Waals surface area (Å²) in [6, 6.07) is 35.2. The fourth-order valence-corrected chi connectivity index (χ4v) is 12.2. The van der Waals surface area contributed by atoms with Gasteiger partial charge in [0.15, 0.2) is 22.6 Å². The molecule has 0 saturated carbocycles. The molecule has 0 fully saturated rings. The van der Waals surface area contributed by atoms with E-state index in [-0.39, 0.29) is 10.8 Å². The third-order valence-electron chi connectivity index (χ3n) is 13.4. The molecule has 6 aliphatic rings. The molecule has 6 heteroatoms. The highest BCUT2D eigenvalue weighted by molar-refractivity contribution is 6.88. The van der Waals surface area contributed by atoms with Crippen LogP contribution in [0.2, 0.25) is 19.6 Å². The van der Waals surface area contributed by atoms with Gasteiger partial charge < -0.3 is 4.74 Å². The second kappa shape index (κ2) is 7.45. The maximum absolute atomic E-state index is 7.16. The fourth-order valence-electron chi connectivity index (χ4n) is 11.1. The van der Waals surface area contributed by atoms with E-state index in [9.17, 15) is 0 Å². The Bertz CT molecular complexity index is 2890. The lowest BCUT2D eigenvalue weighted by Gasteiger charge is -2.50. The summed E-state index contributed by atoms with van der Waals surface area (Å²) >= 11 is 0. The first kappa shape index (κ1) is 26.6. The Kier molecular flexibility index (Phi) is 3.97. The number of fused-ring (bicyclic) bond motifs is 5. The highest BCUT2D eigenvalue weighted by atomic mass is 28.3. The Hall–Kier alpha value is -5.20. The second-order valence-corrected chi connectivity index (χ2v) is 22.5. The van der Waals surface area contributed by atoms with Crippen molar-refractivity contribution in [2.45, 2.75) is 63.8 Å². The summed E-state index contributed by atoms with van der Waals surface area (Å²) in [7, 11) is -1.75. The van der Waals surface area contributed by atoms with Crippen molar-refractivity contribution < 1.29 is 13.9 Å². The van der Waals surface area contributed by atoms with Gasteiger partial charge in [0.1, 0.15) is 33.8 Å². The number of hydrogen-bond donors (Lipinski definition) is 0. The predicted octanol–water partition coefficient (Wildman–Crippen LogP) is 8.66. The van der Waals surface area contributed by atoms with Gasteiger partial charge in [-0.2, -0.15) is 18.6 Å². The first-order valence-corrected chi connectivity index (χ1v) is 21.5. The Morgan fingerprint density at radius 1 is 0.620 bits per heavy atom. The number of nitrogens with zero attached hydrogens (tertiary/aromatic N) is 4. The molecule has 50 heavy (non-hydrogen) atoms. The molecule has 0 bridgehead atoms. The van der Waals surface area contributed by atoms with Crippen LogP contribution in [0.1, 0.15) is 61.1 Å². The number of pyridine rings is 2. The number of para-hydroxylation sites is 2. The minimum Gasteiger partial charge on any atom is -0.456 e. The smallest absolute Gasteiger partial charge is 0.323 e. The van der Waals surface area contributed by atoms with E-state index < -0.39 is 13.7 Å². The lowest BCUT2D eigenvalue weighted by Crippen LogP contribution is -2.77. The van der Waals surface area contributed by atoms with Crippen LogP contribution in [0.4, 0.5) is 17.2 Å². The largest absolute Gasteiger partial charge is 0.456 e. The molecule has 5 nitrogen and oxygen atoms in total. The quantitative estimate of drug-likeness (QED) is 0.130. The molecule has 4 aromatic carbocycles. The van der Waals surface area contributed by atoms with E-state index in [1.165, 1.54) is 94.8 Å². The van der Waals surface area contributed by atoms with Crippen LogP contribution in [0.25, 0.3) is 39.0 Å². The van der Waals surface area contributed by atoms with Crippen LogP contribution in [0, 0.1) is 0 Å². The van der Waals surface area contributed by atoms with Crippen molar-refractivity contribution in [1.29, 1.82) is 0 Å². The summed E-state index contributed by atoms with van der Waals surface area (Å²) in [6.45, 7) is 17.2. The summed E-state index contributed by atoms with van der Waals surface area (Å²) in [4.78, 5) is 2.66. The normalized spacial score (nSPS) is 20.4. The molecule has 3 aromatic heterocycles. The number of benzene rings is 4. The van der Waals surface area contributed by atoms with E-state index in [0.717, 1.165) is 11.5 Å². The highest BCUT2D eigenvalue weighted by Crippen LogP contribution is 2.67. The number of anilines is 3. The molecule has 0 amide bonds. The van der Waals surface area contributed by atoms with Crippen LogP contribution in [0.3, 0.4) is 0 Å². The second-order valence-electron chi connectivity index (χ2n) is 17.4. The molecule has 1 atom stereocenters. The van der Waals surface area contributed by atoms with Crippen molar-refractivity contribution in [3.63, 3.8) is 0 Å². The maximum atomic E-state index is 7.16. The van der Waals surface area contributed by atoms with Crippen molar-refractivity contribution in [2.24, 2.45) is 0 Å². The summed E-state index contributed by atoms with van der Waals surface area (Å²) in [6.07, 6.45) is 0. The third-order valence-corrected chi connectivity index (χ3v) is 15.4. The van der Waals surface area contributed by atoms with E-state index in [1.807, 2.05) is 0 Å². The highest BCUT2D eigenvalue weighted by Gasteiger charge is 2.72. The van der Waals surface area contributed by atoms with Crippen molar-refractivity contribution >= 4 is 52.3 Å². The molecule has 9 heterocycles. The molecule has 13 rings (SSSR count). The molecule has 1 spiro atoms. The van der Waals surface area contributed by atoms with Crippen LogP contribution in [0.5, 0.6) is 11.5 Å². The molecular weight excluding hydrogens is 629 g/mol. The summed E-state index contributed by atoms with van der Waals surface area (Å²) in [5.41, 5.74) is 14.7. The zero-order chi connectivity index (χ0) is 33.6. The Morgan fingerprint density at radius 2 is 1.32 bits per heavy atom. The Labute approximate surface area is 291 Å². The van der Waals surface area contributed by atoms with Crippen molar-refractivity contribution in [3.05, 3.63) is 124 Å². The lowest BCUT2D eigenvalue weighted by molar-refractivity contribution is -0.932. The maximum Gasteiger partial charge on any atom is 0.323 e. The monoisotopic (exact) mass is 664 g/mol. The minimum atomic E-state index is -1.75. The van der Waals surface area contributed by atoms with E-state index in [1.54, 1.807) is 0 Å². The van der Waals surface area contributed by atoms with Gasteiger partial charge in [-0.3, -0.25) is 0 Å². The zero-order valence-corrected chi connectivity index (χ0v) is 30.4. The molecule has 0 N–H and O–H groups in total. The van der Waals surface area contributed by atoms with Gasteiger partial charge in [-0.15, -0.1) is 0 Å². The summed E-state index contributed by atoms with van der Waals surface area (Å²) < 4.78 is 15.2. The van der Waals surface area contributed by atoms with Crippen LogP contribution in [0.15, 0.2) is 91.0 Å². The average Bonchev–Trinajstić information content (AvgIpc) is 3.59. The first-order valence-electron chi connectivity index (χ1n) is 18.0. The molecule has 1 unspecified atom stereocenters. The fraction of sp³-hybridized carbons (Fsp3) is 0.227. The van der Waals surface area contributed by atoms with Gasteiger partial charge in [-0.05, 0) is 53.7 Å². The third kappa shape index (κ3) is 2.39. The van der Waals surface area contributed by atoms with Crippen molar-refractivity contribution in [2.75, 3.05) is 4.90 Å². The number of hydrogen-bond acceptors (Lipinski definition) is 2. The molecule has 7 aromatic rings. The molecule has 240 valence electrons. The SMILES string of the molecule is CC1(C)c2cccc3c2N2c4c1ccc1c4C45c6c(ccc7c8ccccc8n(c67)-c6cc([Si](C)(C)C)cc([n+]64)-c4ccc(c2[n+]45)C3(C)C)O1. The van der Waals surface area contributed by atoms with Gasteiger partial charge in [0, 0.05) is 44.4 Å². The van der Waals surface area contributed by atoms with Crippen LogP contribution in [-0.4, -0.2) is 12.6 Å². The van der Waals surface area contributed by atoms with Crippen LogP contribution >= 0.6 is 0 Å². The Morgan fingerprint density at radius 3 is 2.12 bits per heavy atom. The lowest BCUT2D eigenvalue weighted by atomic mass is 9.64. The molecule has 0 saturated heterocycles. The molecule has 0 radical (unpaired) electrons. The van der Waals surface area contributed by atoms with Gasteiger partial charge in [-0.1, -0.05) is 83.7 Å². The predicted molar refractivity (Wildman–Crippen MR) is 200 cm³/mol. The van der Waals surface area contributed by atoms with E-state index in [4.69, 9.17) is 4.74 Å². The Balaban J connectivity index is 1.36. The topological polar surface area (TPSA) is 25.2 Å². The van der Waals surface area contributed by atoms with Gasteiger partial charge in [-0.25, -0.2) is 0 Å². The van der Waals surface area contributed by atoms with Gasteiger partial charge >= 0.3 is 5.66 Å².